The quantitative estimate of drug-likeness (QED) is 0.0776. The minimum atomic E-state index is -3.77. The van der Waals surface area contributed by atoms with Crippen LogP contribution in [0.3, 0.4) is 0 Å². The molecule has 2 aromatic heterocycles. The number of methoxy groups -OCH3 is 1. The van der Waals surface area contributed by atoms with Crippen LogP contribution in [0.4, 0.5) is 25.4 Å². The summed E-state index contributed by atoms with van der Waals surface area (Å²) in [7, 11) is -2.20. The van der Waals surface area contributed by atoms with E-state index in [0.29, 0.717) is 51.3 Å². The third-order valence-electron chi connectivity index (χ3n) is 8.33. The molecule has 3 heterocycles. The predicted molar refractivity (Wildman–Crippen MR) is 209 cm³/mol. The molecule has 0 spiro atoms. The maximum absolute atomic E-state index is 14.0. The van der Waals surface area contributed by atoms with Crippen LogP contribution in [0.1, 0.15) is 78.5 Å². The molecule has 0 saturated carbocycles. The van der Waals surface area contributed by atoms with Crippen molar-refractivity contribution in [3.8, 4) is 11.5 Å². The lowest BCUT2D eigenvalue weighted by atomic mass is 9.99. The predicted octanol–water partition coefficient (Wildman–Crippen LogP) is 9.07. The summed E-state index contributed by atoms with van der Waals surface area (Å²) in [5, 5.41) is 6.73. The molecule has 1 amide bonds. The van der Waals surface area contributed by atoms with Crippen molar-refractivity contribution in [3.63, 3.8) is 0 Å². The summed E-state index contributed by atoms with van der Waals surface area (Å²) in [5.41, 5.74) is -0.979. The van der Waals surface area contributed by atoms with Gasteiger partial charge in [0.05, 0.1) is 49.2 Å². The third-order valence-corrected chi connectivity index (χ3v) is 11.3. The average Bonchev–Trinajstić information content (AvgIpc) is 3.53. The number of rotatable bonds is 17. The van der Waals surface area contributed by atoms with Gasteiger partial charge < -0.3 is 25.0 Å². The van der Waals surface area contributed by atoms with E-state index in [4.69, 9.17) is 23.0 Å². The molecule has 0 aliphatic carbocycles. The van der Waals surface area contributed by atoms with E-state index in [2.05, 4.69) is 30.5 Å². The molecule has 5 rings (SSSR count). The van der Waals surface area contributed by atoms with Crippen molar-refractivity contribution in [1.29, 1.82) is 0 Å². The highest BCUT2D eigenvalue weighted by atomic mass is 32.1. The van der Waals surface area contributed by atoms with Crippen molar-refractivity contribution >= 4 is 52.6 Å². The number of anilines is 3. The van der Waals surface area contributed by atoms with E-state index in [1.165, 1.54) is 36.0 Å². The molecule has 2 aromatic carbocycles. The Morgan fingerprint density at radius 1 is 1.02 bits per heavy atom. The van der Waals surface area contributed by atoms with Gasteiger partial charge in [0.2, 0.25) is 5.91 Å². The molecule has 1 aliphatic heterocycles. The molecule has 0 radical (unpaired) electrons. The molecule has 0 bridgehead atoms. The molecular formula is C38H51F2N6O7PS. The monoisotopic (exact) mass is 804 g/mol. The van der Waals surface area contributed by atoms with Gasteiger partial charge >= 0.3 is 7.82 Å². The van der Waals surface area contributed by atoms with Gasteiger partial charge in [0.1, 0.15) is 12.1 Å². The molecule has 1 aliphatic rings. The largest absolute Gasteiger partial charge is 0.493 e. The van der Waals surface area contributed by atoms with Gasteiger partial charge in [-0.25, -0.2) is 28.3 Å². The Balaban J connectivity index is 1.15. The fourth-order valence-electron chi connectivity index (χ4n) is 6.11. The smallest absolute Gasteiger partial charge is 0.475 e. The number of ether oxygens (including phenoxy) is 2. The van der Waals surface area contributed by atoms with Crippen LogP contribution in [0.25, 0.3) is 10.9 Å². The van der Waals surface area contributed by atoms with Crippen LogP contribution in [0.2, 0.25) is 0 Å². The molecule has 1 fully saturated rings. The highest BCUT2D eigenvalue weighted by Gasteiger charge is 2.37. The lowest BCUT2D eigenvalue weighted by Crippen LogP contribution is -2.41. The van der Waals surface area contributed by atoms with E-state index >= 15 is 0 Å². The number of aromatic nitrogens is 3. The van der Waals surface area contributed by atoms with Gasteiger partial charge in [-0.1, -0.05) is 12.5 Å². The van der Waals surface area contributed by atoms with Gasteiger partial charge in [0.25, 0.3) is 0 Å². The van der Waals surface area contributed by atoms with Crippen LogP contribution in [0, 0.1) is 11.6 Å². The lowest BCUT2D eigenvalue weighted by molar-refractivity contribution is -0.115. The van der Waals surface area contributed by atoms with Crippen LogP contribution < -0.4 is 20.1 Å². The molecule has 55 heavy (non-hydrogen) atoms. The molecule has 1 atom stereocenters. The minimum Gasteiger partial charge on any atom is -0.493 e. The summed E-state index contributed by atoms with van der Waals surface area (Å²) in [6, 6.07) is 7.48. The molecule has 300 valence electrons. The second kappa shape index (κ2) is 18.4. The highest BCUT2D eigenvalue weighted by Crippen LogP contribution is 2.55. The van der Waals surface area contributed by atoms with Crippen LogP contribution in [0.15, 0.2) is 42.9 Å². The first-order valence-electron chi connectivity index (χ1n) is 18.3. The second-order valence-electron chi connectivity index (χ2n) is 15.2. The highest BCUT2D eigenvalue weighted by molar-refractivity contribution is 7.48. The summed E-state index contributed by atoms with van der Waals surface area (Å²) in [6.07, 6.45) is 7.63. The maximum atomic E-state index is 14.0. The van der Waals surface area contributed by atoms with Gasteiger partial charge in [-0.15, -0.1) is 11.3 Å². The van der Waals surface area contributed by atoms with Gasteiger partial charge in [-0.05, 0) is 92.0 Å². The van der Waals surface area contributed by atoms with Crippen molar-refractivity contribution in [2.75, 3.05) is 44.0 Å². The van der Waals surface area contributed by atoms with Crippen LogP contribution in [-0.2, 0) is 29.4 Å². The maximum Gasteiger partial charge on any atom is 0.475 e. The Kier molecular flexibility index (Phi) is 14.2. The fraction of sp³-hybridized carbons (Fsp3) is 0.526. The Labute approximate surface area is 325 Å². The molecule has 17 heteroatoms. The number of fused-ring (bicyclic) bond motifs is 1. The number of thiazole rings is 1. The fourth-order valence-corrected chi connectivity index (χ4v) is 8.73. The number of phosphoric ester groups is 1. The Bertz CT molecular complexity index is 1950. The number of carbonyl (C=O) groups excluding carboxylic acids is 1. The first kappa shape index (κ1) is 42.4. The zero-order valence-electron chi connectivity index (χ0n) is 32.4. The van der Waals surface area contributed by atoms with Gasteiger partial charge in [-0.2, -0.15) is 0 Å². The van der Waals surface area contributed by atoms with Crippen molar-refractivity contribution < 1.29 is 41.2 Å². The molecule has 4 aromatic rings. The Morgan fingerprint density at radius 2 is 1.78 bits per heavy atom. The molecule has 1 saturated heterocycles. The zero-order chi connectivity index (χ0) is 39.8. The van der Waals surface area contributed by atoms with Crippen molar-refractivity contribution in [2.24, 2.45) is 0 Å². The molecular weight excluding hydrogens is 753 g/mol. The number of likely N-dealkylation sites (tertiary alicyclic amines) is 1. The van der Waals surface area contributed by atoms with Crippen LogP contribution in [0.5, 0.6) is 11.5 Å². The van der Waals surface area contributed by atoms with Crippen molar-refractivity contribution in [2.45, 2.75) is 97.3 Å². The number of hydrogen-bond donors (Lipinski definition) is 2. The lowest BCUT2D eigenvalue weighted by Gasteiger charge is -2.36. The summed E-state index contributed by atoms with van der Waals surface area (Å²) >= 11 is 1.23. The van der Waals surface area contributed by atoms with Gasteiger partial charge in [-0.3, -0.25) is 18.4 Å². The summed E-state index contributed by atoms with van der Waals surface area (Å²) in [6.45, 7) is 13.5. The number of benzene rings is 2. The normalized spacial score (nSPS) is 15.6. The molecule has 1 unspecified atom stereocenters. The zero-order valence-corrected chi connectivity index (χ0v) is 34.2. The Hall–Kier alpha value is -3.79. The van der Waals surface area contributed by atoms with Crippen LogP contribution >= 0.6 is 19.2 Å². The minimum absolute atomic E-state index is 0.0788. The van der Waals surface area contributed by atoms with E-state index in [1.54, 1.807) is 13.2 Å². The number of piperidine rings is 1. The number of hydrogen-bond acceptors (Lipinski definition) is 13. The average molecular weight is 805 g/mol. The van der Waals surface area contributed by atoms with Crippen LogP contribution in [-0.4, -0.2) is 76.4 Å². The molecule has 13 nitrogen and oxygen atoms in total. The standard InChI is InChI=1S/C38H51F2N6O7PS/c1-37(2,3)52-54(48,53-38(4,5)6)51-19-15-25-12-8-9-16-46(25)17-11-18-50-32-22-30-27(21-31(32)49-7)35(43-24-42-30)45-36-41-23-26(55-36)20-33(47)44-29-14-10-13-28(39)34(29)40/h10,13-14,21-25H,8-9,11-12,15-20H2,1-7H3,(H,44,47)(H,41,42,43,45). The Morgan fingerprint density at radius 3 is 2.51 bits per heavy atom. The number of carbonyl (C=O) groups is 1. The first-order valence-corrected chi connectivity index (χ1v) is 20.6. The second-order valence-corrected chi connectivity index (χ2v) is 17.8. The van der Waals surface area contributed by atoms with Crippen molar-refractivity contribution in [3.05, 3.63) is 59.4 Å². The number of amides is 1. The van der Waals surface area contributed by atoms with Gasteiger partial charge in [0.15, 0.2) is 28.3 Å². The van der Waals surface area contributed by atoms with E-state index in [-0.39, 0.29) is 24.8 Å². The molecule has 2 N–H and O–H groups in total. The number of halogens is 2. The van der Waals surface area contributed by atoms with Gasteiger partial charge in [0, 0.05) is 35.1 Å². The summed E-state index contributed by atoms with van der Waals surface area (Å²) in [5.74, 6) is -1.12. The number of phosphoric acid groups is 1. The number of nitrogens with one attached hydrogen (secondary N) is 2. The van der Waals surface area contributed by atoms with E-state index in [0.717, 1.165) is 44.8 Å². The van der Waals surface area contributed by atoms with E-state index < -0.39 is 36.6 Å². The topological polar surface area (TPSA) is 146 Å². The SMILES string of the molecule is COc1cc2c(Nc3ncc(CC(=O)Nc4cccc(F)c4F)s3)ncnc2cc1OCCCN1CCCCC1CCOP(=O)(OC(C)(C)C)OC(C)(C)C. The number of nitrogens with zero attached hydrogens (tertiary/aromatic N) is 4. The van der Waals surface area contributed by atoms with E-state index in [9.17, 15) is 18.1 Å². The summed E-state index contributed by atoms with van der Waals surface area (Å²) < 4.78 is 70.3. The summed E-state index contributed by atoms with van der Waals surface area (Å²) in [4.78, 5) is 28.8. The third kappa shape index (κ3) is 12.6. The first-order chi connectivity index (χ1) is 26.0. The van der Waals surface area contributed by atoms with Crippen molar-refractivity contribution in [1.82, 2.24) is 19.9 Å². The van der Waals surface area contributed by atoms with E-state index in [1.807, 2.05) is 47.6 Å².